The van der Waals surface area contributed by atoms with Crippen LogP contribution in [-0.4, -0.2) is 59.4 Å². The number of primary amides is 2. The van der Waals surface area contributed by atoms with Crippen molar-refractivity contribution in [1.29, 1.82) is 0 Å². The average molecular weight is 402 g/mol. The summed E-state index contributed by atoms with van der Waals surface area (Å²) in [7, 11) is 0. The standard InChI is InChI=1S/C16H30N6O6/c17-8-2-1-3-10(21-14(25)9(18)4-6-12(19)23)15(26)22-11(16(27)28)5-7-13(20)24/h9-11H,1-8,17-18H2,(H2,19,23)(H2,20,24)(H,21,25)(H,22,26)(H,27,28). The highest BCUT2D eigenvalue weighted by atomic mass is 16.4. The van der Waals surface area contributed by atoms with Crippen LogP contribution in [0.1, 0.15) is 44.9 Å². The van der Waals surface area contributed by atoms with Gasteiger partial charge in [0.1, 0.15) is 12.1 Å². The van der Waals surface area contributed by atoms with Gasteiger partial charge in [0.25, 0.3) is 0 Å². The number of aliphatic carboxylic acids is 1. The summed E-state index contributed by atoms with van der Waals surface area (Å²) in [6, 6.07) is -3.44. The molecule has 12 nitrogen and oxygen atoms in total. The lowest BCUT2D eigenvalue weighted by molar-refractivity contribution is -0.142. The van der Waals surface area contributed by atoms with E-state index >= 15 is 0 Å². The molecule has 0 rings (SSSR count). The molecule has 0 aliphatic carbocycles. The molecule has 0 fully saturated rings. The normalized spacial score (nSPS) is 13.8. The second-order valence-electron chi connectivity index (χ2n) is 6.36. The fraction of sp³-hybridized carbons (Fsp3) is 0.688. The van der Waals surface area contributed by atoms with Crippen LogP contribution in [0.4, 0.5) is 0 Å². The van der Waals surface area contributed by atoms with Gasteiger partial charge in [0.15, 0.2) is 0 Å². The first-order chi connectivity index (χ1) is 13.1. The quantitative estimate of drug-likeness (QED) is 0.139. The van der Waals surface area contributed by atoms with Gasteiger partial charge in [0.05, 0.1) is 6.04 Å². The lowest BCUT2D eigenvalue weighted by Gasteiger charge is -2.22. The molecule has 0 bridgehead atoms. The lowest BCUT2D eigenvalue weighted by atomic mass is 10.1. The van der Waals surface area contributed by atoms with Crippen molar-refractivity contribution in [2.75, 3.05) is 6.54 Å². The number of carbonyl (C=O) groups excluding carboxylic acids is 4. The van der Waals surface area contributed by atoms with Gasteiger partial charge < -0.3 is 38.7 Å². The molecular formula is C16H30N6O6. The summed E-state index contributed by atoms with van der Waals surface area (Å²) in [6.07, 6.45) is 0.820. The van der Waals surface area contributed by atoms with Crippen LogP contribution in [0.25, 0.3) is 0 Å². The molecule has 28 heavy (non-hydrogen) atoms. The molecule has 0 heterocycles. The van der Waals surface area contributed by atoms with Crippen molar-refractivity contribution in [3.63, 3.8) is 0 Å². The minimum atomic E-state index is -1.34. The van der Waals surface area contributed by atoms with Crippen molar-refractivity contribution in [3.05, 3.63) is 0 Å². The van der Waals surface area contributed by atoms with Gasteiger partial charge in [-0.2, -0.15) is 0 Å². The van der Waals surface area contributed by atoms with Crippen LogP contribution in [0, 0.1) is 0 Å². The van der Waals surface area contributed by atoms with Gasteiger partial charge in [-0.1, -0.05) is 0 Å². The van der Waals surface area contributed by atoms with E-state index in [-0.39, 0.29) is 32.1 Å². The largest absolute Gasteiger partial charge is 0.480 e. The number of unbranched alkanes of at least 4 members (excludes halogenated alkanes) is 1. The number of hydrogen-bond acceptors (Lipinski definition) is 7. The van der Waals surface area contributed by atoms with E-state index in [1.165, 1.54) is 0 Å². The minimum absolute atomic E-state index is 0.00860. The van der Waals surface area contributed by atoms with E-state index < -0.39 is 47.7 Å². The molecule has 3 unspecified atom stereocenters. The van der Waals surface area contributed by atoms with Crippen LogP contribution in [0.15, 0.2) is 0 Å². The third-order valence-corrected chi connectivity index (χ3v) is 3.91. The van der Waals surface area contributed by atoms with Gasteiger partial charge >= 0.3 is 5.97 Å². The van der Waals surface area contributed by atoms with Crippen LogP contribution in [0.5, 0.6) is 0 Å². The molecule has 11 N–H and O–H groups in total. The van der Waals surface area contributed by atoms with Crippen LogP contribution < -0.4 is 33.6 Å². The Hall–Kier alpha value is -2.73. The first kappa shape index (κ1) is 25.3. The van der Waals surface area contributed by atoms with Crippen molar-refractivity contribution in [2.24, 2.45) is 22.9 Å². The summed E-state index contributed by atoms with van der Waals surface area (Å²) in [4.78, 5) is 57.6. The molecule has 0 aliphatic rings. The zero-order valence-electron chi connectivity index (χ0n) is 15.7. The maximum absolute atomic E-state index is 12.5. The maximum atomic E-state index is 12.5. The summed E-state index contributed by atoms with van der Waals surface area (Å²) in [6.45, 7) is 0.386. The number of carbonyl (C=O) groups is 5. The highest BCUT2D eigenvalue weighted by Crippen LogP contribution is 2.05. The molecule has 0 radical (unpaired) electrons. The zero-order valence-corrected chi connectivity index (χ0v) is 15.7. The average Bonchev–Trinajstić information content (AvgIpc) is 2.61. The number of nitrogens with two attached hydrogens (primary N) is 4. The third-order valence-electron chi connectivity index (χ3n) is 3.91. The highest BCUT2D eigenvalue weighted by Gasteiger charge is 2.27. The van der Waals surface area contributed by atoms with Gasteiger partial charge in [0, 0.05) is 12.8 Å². The van der Waals surface area contributed by atoms with E-state index in [1.54, 1.807) is 0 Å². The van der Waals surface area contributed by atoms with Gasteiger partial charge in [-0.3, -0.25) is 19.2 Å². The zero-order chi connectivity index (χ0) is 21.7. The molecular weight excluding hydrogens is 372 g/mol. The molecule has 0 aromatic rings. The lowest BCUT2D eigenvalue weighted by Crippen LogP contribution is -2.54. The van der Waals surface area contributed by atoms with E-state index in [0.29, 0.717) is 19.4 Å². The number of carboxylic acid groups (broad SMARTS) is 1. The van der Waals surface area contributed by atoms with E-state index in [1.807, 2.05) is 0 Å². The second-order valence-corrected chi connectivity index (χ2v) is 6.36. The van der Waals surface area contributed by atoms with Crippen LogP contribution in [-0.2, 0) is 24.0 Å². The number of amides is 4. The highest BCUT2D eigenvalue weighted by molar-refractivity contribution is 5.92. The molecule has 0 aromatic heterocycles. The molecule has 0 saturated carbocycles. The molecule has 0 aliphatic heterocycles. The maximum Gasteiger partial charge on any atom is 0.326 e. The minimum Gasteiger partial charge on any atom is -0.480 e. The smallest absolute Gasteiger partial charge is 0.326 e. The summed E-state index contributed by atoms with van der Waals surface area (Å²) in [5.74, 6) is -4.05. The molecule has 4 amide bonds. The summed E-state index contributed by atoms with van der Waals surface area (Å²) < 4.78 is 0. The summed E-state index contributed by atoms with van der Waals surface area (Å²) >= 11 is 0. The molecule has 160 valence electrons. The van der Waals surface area contributed by atoms with Crippen molar-refractivity contribution >= 4 is 29.6 Å². The fourth-order valence-electron chi connectivity index (χ4n) is 2.29. The predicted octanol–water partition coefficient (Wildman–Crippen LogP) is -2.97. The molecule has 0 saturated heterocycles. The van der Waals surface area contributed by atoms with Crippen molar-refractivity contribution in [1.82, 2.24) is 10.6 Å². The van der Waals surface area contributed by atoms with E-state index in [2.05, 4.69) is 10.6 Å². The topological polar surface area (TPSA) is 234 Å². The summed E-state index contributed by atoms with van der Waals surface area (Å²) in [5, 5.41) is 13.9. The Morgan fingerprint density at radius 3 is 1.82 bits per heavy atom. The van der Waals surface area contributed by atoms with E-state index in [9.17, 15) is 29.1 Å². The number of nitrogens with one attached hydrogen (secondary N) is 2. The van der Waals surface area contributed by atoms with E-state index in [0.717, 1.165) is 0 Å². The van der Waals surface area contributed by atoms with Crippen molar-refractivity contribution in [3.8, 4) is 0 Å². The van der Waals surface area contributed by atoms with Gasteiger partial charge in [0.2, 0.25) is 23.6 Å². The third kappa shape index (κ3) is 11.1. The van der Waals surface area contributed by atoms with Crippen LogP contribution in [0.2, 0.25) is 0 Å². The van der Waals surface area contributed by atoms with Crippen LogP contribution >= 0.6 is 0 Å². The first-order valence-electron chi connectivity index (χ1n) is 8.94. The van der Waals surface area contributed by atoms with Gasteiger partial charge in [-0.05, 0) is 38.6 Å². The Morgan fingerprint density at radius 2 is 1.32 bits per heavy atom. The Kier molecular flexibility index (Phi) is 12.1. The number of rotatable bonds is 15. The predicted molar refractivity (Wildman–Crippen MR) is 99.2 cm³/mol. The summed E-state index contributed by atoms with van der Waals surface area (Å²) in [5.41, 5.74) is 21.1. The van der Waals surface area contributed by atoms with Gasteiger partial charge in [-0.25, -0.2) is 4.79 Å². The van der Waals surface area contributed by atoms with E-state index in [4.69, 9.17) is 22.9 Å². The first-order valence-corrected chi connectivity index (χ1v) is 8.94. The van der Waals surface area contributed by atoms with Crippen molar-refractivity contribution in [2.45, 2.75) is 63.1 Å². The monoisotopic (exact) mass is 402 g/mol. The Bertz CT molecular complexity index is 570. The van der Waals surface area contributed by atoms with Crippen molar-refractivity contribution < 1.29 is 29.1 Å². The number of hydrogen-bond donors (Lipinski definition) is 7. The molecule has 12 heteroatoms. The molecule has 0 spiro atoms. The number of carboxylic acids is 1. The fourth-order valence-corrected chi connectivity index (χ4v) is 2.29. The SMILES string of the molecule is NCCCCC(NC(=O)C(N)CCC(N)=O)C(=O)NC(CCC(N)=O)C(=O)O. The Balaban J connectivity index is 5.00. The Morgan fingerprint density at radius 1 is 0.786 bits per heavy atom. The molecule has 3 atom stereocenters. The Labute approximate surface area is 162 Å². The van der Waals surface area contributed by atoms with Crippen LogP contribution in [0.3, 0.4) is 0 Å². The van der Waals surface area contributed by atoms with Gasteiger partial charge in [-0.15, -0.1) is 0 Å². The molecule has 0 aromatic carbocycles. The second kappa shape index (κ2) is 13.4.